The summed E-state index contributed by atoms with van der Waals surface area (Å²) < 4.78 is 25.0. The average Bonchev–Trinajstić information content (AvgIpc) is 2.63. The summed E-state index contributed by atoms with van der Waals surface area (Å²) in [6.45, 7) is 4.24. The fourth-order valence-electron chi connectivity index (χ4n) is 3.03. The van der Waals surface area contributed by atoms with Crippen molar-refractivity contribution in [2.45, 2.75) is 103 Å². The highest BCUT2D eigenvalue weighted by molar-refractivity contribution is 7.74. The summed E-state index contributed by atoms with van der Waals surface area (Å²) in [7, 11) is 0. The lowest BCUT2D eigenvalue weighted by Gasteiger charge is -2.16. The Labute approximate surface area is 169 Å². The molecule has 27 heavy (non-hydrogen) atoms. The molecule has 0 amide bonds. The van der Waals surface area contributed by atoms with Gasteiger partial charge in [0.15, 0.2) is 0 Å². The van der Waals surface area contributed by atoms with E-state index in [0.29, 0.717) is 6.54 Å². The predicted octanol–water partition coefficient (Wildman–Crippen LogP) is 4.99. The van der Waals surface area contributed by atoms with E-state index in [1.807, 2.05) is 0 Å². The number of carbonyl (C=O) groups is 1. The van der Waals surface area contributed by atoms with Crippen molar-refractivity contribution in [1.82, 2.24) is 5.32 Å². The van der Waals surface area contributed by atoms with Gasteiger partial charge in [-0.05, 0) is 39.0 Å². The summed E-state index contributed by atoms with van der Waals surface area (Å²) in [4.78, 5) is 11.6. The number of nitrogens with one attached hydrogen (secondary N) is 1. The molecular formula is C21H40NO4S-. The van der Waals surface area contributed by atoms with Crippen LogP contribution in [0.4, 0.5) is 0 Å². The summed E-state index contributed by atoms with van der Waals surface area (Å²) >= 11 is -2.49. The Morgan fingerprint density at radius 2 is 1.56 bits per heavy atom. The average molecular weight is 403 g/mol. The smallest absolute Gasteiger partial charge is 0.146 e. The lowest BCUT2D eigenvalue weighted by atomic mass is 10.0. The number of allylic oxidation sites excluding steroid dienone is 2. The number of unbranched alkanes of at least 4 members (excludes halogenated alkanes) is 10. The zero-order valence-electron chi connectivity index (χ0n) is 17.4. The molecule has 0 radical (unpaired) electrons. The van der Waals surface area contributed by atoms with Gasteiger partial charge in [-0.15, -0.1) is 0 Å². The van der Waals surface area contributed by atoms with Gasteiger partial charge in [-0.1, -0.05) is 70.4 Å². The van der Waals surface area contributed by atoms with Crippen LogP contribution in [0.15, 0.2) is 12.2 Å². The molecule has 0 rings (SSSR count). The molecule has 0 fully saturated rings. The van der Waals surface area contributed by atoms with E-state index in [1.54, 1.807) is 6.92 Å². The second kappa shape index (κ2) is 20.2. The van der Waals surface area contributed by atoms with Crippen molar-refractivity contribution in [1.29, 1.82) is 0 Å². The number of carbonyl (C=O) groups excluding carboxylic acids is 1. The van der Waals surface area contributed by atoms with Crippen LogP contribution in [-0.2, 0) is 20.3 Å². The topological polar surface area (TPSA) is 78.5 Å². The zero-order valence-corrected chi connectivity index (χ0v) is 18.2. The van der Waals surface area contributed by atoms with E-state index in [2.05, 4.69) is 28.6 Å². The van der Waals surface area contributed by atoms with Crippen molar-refractivity contribution in [2.75, 3.05) is 13.2 Å². The van der Waals surface area contributed by atoms with Crippen molar-refractivity contribution in [3.63, 3.8) is 0 Å². The minimum Gasteiger partial charge on any atom is -0.750 e. The van der Waals surface area contributed by atoms with Crippen molar-refractivity contribution in [3.05, 3.63) is 12.2 Å². The zero-order chi connectivity index (χ0) is 20.2. The molecule has 0 saturated heterocycles. The van der Waals surface area contributed by atoms with E-state index in [1.165, 1.54) is 57.8 Å². The highest BCUT2D eigenvalue weighted by Gasteiger charge is 2.12. The molecule has 0 aromatic heterocycles. The van der Waals surface area contributed by atoms with E-state index < -0.39 is 11.4 Å². The van der Waals surface area contributed by atoms with Crippen molar-refractivity contribution in [3.8, 4) is 0 Å². The highest BCUT2D eigenvalue weighted by atomic mass is 32.2. The molecular weight excluding hydrogens is 362 g/mol. The van der Waals surface area contributed by atoms with Crippen molar-refractivity contribution >= 4 is 17.1 Å². The van der Waals surface area contributed by atoms with Gasteiger partial charge in [-0.2, -0.15) is 0 Å². The number of ketones is 1. The molecule has 2 atom stereocenters. The van der Waals surface area contributed by atoms with E-state index in [9.17, 15) is 13.6 Å². The van der Waals surface area contributed by atoms with Gasteiger partial charge >= 0.3 is 0 Å². The van der Waals surface area contributed by atoms with Crippen LogP contribution < -0.4 is 5.32 Å². The van der Waals surface area contributed by atoms with Gasteiger partial charge in [0.1, 0.15) is 5.78 Å². The molecule has 0 spiro atoms. The van der Waals surface area contributed by atoms with Crippen LogP contribution in [0.25, 0.3) is 0 Å². The molecule has 0 heterocycles. The first-order chi connectivity index (χ1) is 13.1. The summed E-state index contributed by atoms with van der Waals surface area (Å²) in [5, 5.41) is 3.06. The number of hydrogen-bond acceptors (Lipinski definition) is 5. The molecule has 160 valence electrons. The third-order valence-corrected chi connectivity index (χ3v) is 5.03. The van der Waals surface area contributed by atoms with Gasteiger partial charge in [-0.3, -0.25) is 8.98 Å². The molecule has 0 bridgehead atoms. The Balaban J connectivity index is 3.50. The third kappa shape index (κ3) is 20.0. The van der Waals surface area contributed by atoms with Crippen molar-refractivity contribution < 1.29 is 17.7 Å². The maximum Gasteiger partial charge on any atom is 0.146 e. The first-order valence-corrected chi connectivity index (χ1v) is 11.7. The molecule has 6 heteroatoms. The Morgan fingerprint density at radius 3 is 2.11 bits per heavy atom. The Hall–Kier alpha value is -0.560. The quantitative estimate of drug-likeness (QED) is 0.176. The molecule has 0 saturated carbocycles. The number of hydrogen-bond donors (Lipinski definition) is 1. The maximum absolute atomic E-state index is 11.6. The monoisotopic (exact) mass is 402 g/mol. The lowest BCUT2D eigenvalue weighted by Crippen LogP contribution is -2.37. The molecule has 2 unspecified atom stereocenters. The first-order valence-electron chi connectivity index (χ1n) is 10.7. The predicted molar refractivity (Wildman–Crippen MR) is 112 cm³/mol. The molecule has 0 aromatic carbocycles. The summed E-state index contributed by atoms with van der Waals surface area (Å²) in [5.41, 5.74) is 0. The maximum atomic E-state index is 11.6. The molecule has 0 aliphatic heterocycles. The van der Waals surface area contributed by atoms with E-state index >= 15 is 0 Å². The summed E-state index contributed by atoms with van der Waals surface area (Å²) in [6, 6.07) is -0.203. The normalized spacial score (nSPS) is 13.9. The molecule has 0 aliphatic rings. The van der Waals surface area contributed by atoms with Crippen molar-refractivity contribution in [2.24, 2.45) is 0 Å². The van der Waals surface area contributed by atoms with Gasteiger partial charge in [0.25, 0.3) is 0 Å². The second-order valence-corrected chi connectivity index (χ2v) is 7.81. The fraction of sp³-hybridized carbons (Fsp3) is 0.857. The minimum absolute atomic E-state index is 0.0605. The lowest BCUT2D eigenvalue weighted by molar-refractivity contribution is -0.119. The van der Waals surface area contributed by atoms with Crippen LogP contribution in [0.1, 0.15) is 97.3 Å². The van der Waals surface area contributed by atoms with Gasteiger partial charge in [-0.25, -0.2) is 4.21 Å². The molecule has 0 aliphatic carbocycles. The minimum atomic E-state index is -2.49. The van der Waals surface area contributed by atoms with E-state index in [-0.39, 0.29) is 18.4 Å². The largest absolute Gasteiger partial charge is 0.750 e. The summed E-state index contributed by atoms with van der Waals surface area (Å²) in [6.07, 6.45) is 20.4. The van der Waals surface area contributed by atoms with Gasteiger partial charge in [0.05, 0.1) is 24.0 Å². The van der Waals surface area contributed by atoms with Crippen LogP contribution in [0, 0.1) is 0 Å². The fourth-order valence-corrected chi connectivity index (χ4v) is 3.25. The third-order valence-electron chi connectivity index (χ3n) is 4.67. The SMILES string of the molecule is CCCCCCCC/C=C\CCCCCCC(NCCOS(=O)[O-])C(C)=O. The van der Waals surface area contributed by atoms with E-state index in [4.69, 9.17) is 0 Å². The van der Waals surface area contributed by atoms with Crippen LogP contribution in [0.3, 0.4) is 0 Å². The molecule has 1 N–H and O–H groups in total. The van der Waals surface area contributed by atoms with Gasteiger partial charge < -0.3 is 9.87 Å². The Bertz CT molecular complexity index is 402. The second-order valence-electron chi connectivity index (χ2n) is 7.16. The Kier molecular flexibility index (Phi) is 19.8. The van der Waals surface area contributed by atoms with Crippen LogP contribution in [0.2, 0.25) is 0 Å². The first kappa shape index (κ1) is 26.4. The van der Waals surface area contributed by atoms with Crippen LogP contribution in [-0.4, -0.2) is 33.7 Å². The Morgan fingerprint density at radius 1 is 1.00 bits per heavy atom. The summed E-state index contributed by atoms with van der Waals surface area (Å²) in [5.74, 6) is 0.0934. The van der Waals surface area contributed by atoms with Gasteiger partial charge in [0, 0.05) is 6.54 Å². The van der Waals surface area contributed by atoms with Gasteiger partial charge in [0.2, 0.25) is 0 Å². The standard InChI is InChI=1S/C21H41NO4S/c1-3-4-5-6-7-8-9-10-11-12-13-14-15-16-17-21(20(2)23)22-18-19-26-27(24)25/h10-11,21-22H,3-9,12-19H2,1-2H3,(H,24,25)/p-1/b11-10-. The van der Waals surface area contributed by atoms with E-state index in [0.717, 1.165) is 25.7 Å². The van der Waals surface area contributed by atoms with Crippen LogP contribution in [0.5, 0.6) is 0 Å². The highest BCUT2D eigenvalue weighted by Crippen LogP contribution is 2.10. The number of Topliss-reactive ketones (excluding diaryl/α,β-unsaturated/α-hetero) is 1. The number of rotatable bonds is 20. The molecule has 0 aromatic rings. The van der Waals surface area contributed by atoms with Crippen LogP contribution >= 0.6 is 0 Å². The molecule has 5 nitrogen and oxygen atoms in total.